The lowest BCUT2D eigenvalue weighted by atomic mass is 9.73. The molecule has 1 aliphatic carbocycles. The quantitative estimate of drug-likeness (QED) is 0.489. The second kappa shape index (κ2) is 10.7. The molecule has 0 aromatic heterocycles. The van der Waals surface area contributed by atoms with Gasteiger partial charge in [0.05, 0.1) is 0 Å². The Kier molecular flexibility index (Phi) is 10.2. The van der Waals surface area contributed by atoms with Gasteiger partial charge in [0.2, 0.25) is 0 Å². The van der Waals surface area contributed by atoms with Crippen LogP contribution in [0.3, 0.4) is 0 Å². The molecular weight excluding hydrogens is 276 g/mol. The van der Waals surface area contributed by atoms with Gasteiger partial charge in [0.1, 0.15) is 0 Å². The van der Waals surface area contributed by atoms with E-state index in [1.807, 2.05) is 13.8 Å². The lowest BCUT2D eigenvalue weighted by Gasteiger charge is -2.31. The van der Waals surface area contributed by atoms with Gasteiger partial charge in [-0.1, -0.05) is 52.7 Å². The van der Waals surface area contributed by atoms with Gasteiger partial charge in [0.15, 0.2) is 0 Å². The highest BCUT2D eigenvalue weighted by molar-refractivity contribution is 5.54. The summed E-state index contributed by atoms with van der Waals surface area (Å²) in [5.74, 6) is 0.594. The highest BCUT2D eigenvalue weighted by Gasteiger charge is 2.25. The summed E-state index contributed by atoms with van der Waals surface area (Å²) in [6.07, 6.45) is 6.49. The Labute approximate surface area is 146 Å². The van der Waals surface area contributed by atoms with Crippen molar-refractivity contribution in [3.05, 3.63) is 45.5 Å². The van der Waals surface area contributed by atoms with E-state index in [1.54, 1.807) is 11.1 Å². The molecule has 0 N–H and O–H groups in total. The van der Waals surface area contributed by atoms with Gasteiger partial charge in [-0.2, -0.15) is 0 Å². The van der Waals surface area contributed by atoms with Gasteiger partial charge in [-0.05, 0) is 87.3 Å². The molecule has 0 aliphatic heterocycles. The van der Waals surface area contributed by atoms with Crippen LogP contribution in [0.4, 0.5) is 0 Å². The van der Waals surface area contributed by atoms with E-state index in [1.165, 1.54) is 59.9 Å². The molecular formula is C23H40. The Balaban J connectivity index is 0.000000705. The molecule has 0 radical (unpaired) electrons. The number of unbranched alkanes of at least 4 members (excludes halogenated alkanes) is 1. The van der Waals surface area contributed by atoms with E-state index in [4.69, 9.17) is 0 Å². The average Bonchev–Trinajstić information content (AvgIpc) is 2.59. The first-order valence-corrected chi connectivity index (χ1v) is 9.61. The molecule has 0 saturated carbocycles. The molecule has 1 aromatic carbocycles. The molecule has 1 aliphatic rings. The molecule has 1 aromatic rings. The van der Waals surface area contributed by atoms with E-state index in [-0.39, 0.29) is 0 Å². The monoisotopic (exact) mass is 316 g/mol. The number of hydrogen-bond acceptors (Lipinski definition) is 0. The molecule has 0 nitrogen and oxygen atoms in total. The first kappa shape index (κ1) is 22.0. The zero-order valence-electron chi connectivity index (χ0n) is 17.3. The van der Waals surface area contributed by atoms with Gasteiger partial charge in [0.25, 0.3) is 0 Å². The second-order valence-electron chi connectivity index (χ2n) is 6.68. The summed E-state index contributed by atoms with van der Waals surface area (Å²) in [4.78, 5) is 0. The SMILES string of the molecule is C=C(C)C1CCCc2c(C)c(C)c(C)c(C)c21.CC.CCCC. The molecule has 23 heavy (non-hydrogen) atoms. The molecule has 0 saturated heterocycles. The first-order chi connectivity index (χ1) is 10.9. The summed E-state index contributed by atoms with van der Waals surface area (Å²) in [6.45, 7) is 23.9. The predicted molar refractivity (Wildman–Crippen MR) is 108 cm³/mol. The fourth-order valence-electron chi connectivity index (χ4n) is 3.33. The van der Waals surface area contributed by atoms with Gasteiger partial charge in [-0.25, -0.2) is 0 Å². The Morgan fingerprint density at radius 2 is 1.39 bits per heavy atom. The van der Waals surface area contributed by atoms with Crippen LogP contribution < -0.4 is 0 Å². The van der Waals surface area contributed by atoms with Crippen LogP contribution in [0.1, 0.15) is 99.6 Å². The van der Waals surface area contributed by atoms with Crippen molar-refractivity contribution in [1.82, 2.24) is 0 Å². The van der Waals surface area contributed by atoms with Gasteiger partial charge >= 0.3 is 0 Å². The lowest BCUT2D eigenvalue weighted by Crippen LogP contribution is -2.16. The minimum absolute atomic E-state index is 0.594. The van der Waals surface area contributed by atoms with Gasteiger partial charge in [-0.3, -0.25) is 0 Å². The minimum Gasteiger partial charge on any atom is -0.0995 e. The molecule has 1 atom stereocenters. The van der Waals surface area contributed by atoms with E-state index in [0.29, 0.717) is 5.92 Å². The Morgan fingerprint density at radius 1 is 0.913 bits per heavy atom. The zero-order valence-corrected chi connectivity index (χ0v) is 17.3. The van der Waals surface area contributed by atoms with Gasteiger partial charge in [-0.15, -0.1) is 0 Å². The van der Waals surface area contributed by atoms with Crippen LogP contribution in [0, 0.1) is 27.7 Å². The fourth-order valence-corrected chi connectivity index (χ4v) is 3.33. The van der Waals surface area contributed by atoms with Crippen LogP contribution in [0.5, 0.6) is 0 Å². The number of fused-ring (bicyclic) bond motifs is 1. The summed E-state index contributed by atoms with van der Waals surface area (Å²) in [6, 6.07) is 0. The van der Waals surface area contributed by atoms with Crippen molar-refractivity contribution in [3.8, 4) is 0 Å². The van der Waals surface area contributed by atoms with Crippen molar-refractivity contribution in [1.29, 1.82) is 0 Å². The maximum atomic E-state index is 4.20. The number of allylic oxidation sites excluding steroid dienone is 1. The predicted octanol–water partition coefficient (Wildman–Crippen LogP) is 7.75. The molecule has 0 heterocycles. The fraction of sp³-hybridized carbons (Fsp3) is 0.652. The van der Waals surface area contributed by atoms with Crippen LogP contribution in [0.2, 0.25) is 0 Å². The molecule has 0 spiro atoms. The second-order valence-corrected chi connectivity index (χ2v) is 6.68. The van der Waals surface area contributed by atoms with Gasteiger partial charge < -0.3 is 0 Å². The summed E-state index contributed by atoms with van der Waals surface area (Å²) in [7, 11) is 0. The highest BCUT2D eigenvalue weighted by atomic mass is 14.3. The molecule has 132 valence electrons. The maximum Gasteiger partial charge on any atom is 0.00483 e. The van der Waals surface area contributed by atoms with Crippen molar-refractivity contribution < 1.29 is 0 Å². The van der Waals surface area contributed by atoms with Crippen LogP contribution in [0.15, 0.2) is 12.2 Å². The van der Waals surface area contributed by atoms with Crippen molar-refractivity contribution in [3.63, 3.8) is 0 Å². The largest absolute Gasteiger partial charge is 0.0995 e. The van der Waals surface area contributed by atoms with Crippen LogP contribution in [-0.2, 0) is 6.42 Å². The lowest BCUT2D eigenvalue weighted by molar-refractivity contribution is 0.601. The zero-order chi connectivity index (χ0) is 18.2. The standard InChI is InChI=1S/C17H24.C4H10.C2H6/c1-10(2)15-8-7-9-16-13(5)11(3)12(4)14(6)17(15)16;1-3-4-2;1-2/h15H,1,7-9H2,2-6H3;3-4H2,1-2H3;1-2H3. The minimum atomic E-state index is 0.594. The Hall–Kier alpha value is -1.04. The average molecular weight is 317 g/mol. The van der Waals surface area contributed by atoms with E-state index < -0.39 is 0 Å². The third-order valence-electron chi connectivity index (χ3n) is 5.23. The number of rotatable bonds is 2. The van der Waals surface area contributed by atoms with Crippen molar-refractivity contribution in [2.45, 2.75) is 100 Å². The summed E-state index contributed by atoms with van der Waals surface area (Å²) < 4.78 is 0. The van der Waals surface area contributed by atoms with Crippen LogP contribution >= 0.6 is 0 Å². The maximum absolute atomic E-state index is 4.20. The molecule has 0 bridgehead atoms. The summed E-state index contributed by atoms with van der Waals surface area (Å²) in [5.41, 5.74) is 10.5. The Morgan fingerprint density at radius 3 is 1.83 bits per heavy atom. The number of benzene rings is 1. The van der Waals surface area contributed by atoms with E-state index in [2.05, 4.69) is 55.0 Å². The smallest absolute Gasteiger partial charge is 0.00483 e. The van der Waals surface area contributed by atoms with E-state index in [9.17, 15) is 0 Å². The van der Waals surface area contributed by atoms with Crippen molar-refractivity contribution in [2.24, 2.45) is 0 Å². The Bertz CT molecular complexity index is 504. The number of hydrogen-bond donors (Lipinski definition) is 0. The summed E-state index contributed by atoms with van der Waals surface area (Å²) in [5, 5.41) is 0. The first-order valence-electron chi connectivity index (χ1n) is 9.61. The van der Waals surface area contributed by atoms with Crippen LogP contribution in [0.25, 0.3) is 0 Å². The molecule has 0 fully saturated rings. The highest BCUT2D eigenvalue weighted by Crippen LogP contribution is 2.41. The topological polar surface area (TPSA) is 0 Å². The third-order valence-corrected chi connectivity index (χ3v) is 5.23. The summed E-state index contributed by atoms with van der Waals surface area (Å²) >= 11 is 0. The van der Waals surface area contributed by atoms with Crippen LogP contribution in [-0.4, -0.2) is 0 Å². The van der Waals surface area contributed by atoms with Gasteiger partial charge in [0, 0.05) is 5.92 Å². The normalized spacial score (nSPS) is 15.6. The van der Waals surface area contributed by atoms with E-state index >= 15 is 0 Å². The molecule has 2 rings (SSSR count). The molecule has 0 heteroatoms. The third kappa shape index (κ3) is 5.23. The molecule has 1 unspecified atom stereocenters. The van der Waals surface area contributed by atoms with Crippen molar-refractivity contribution >= 4 is 0 Å². The van der Waals surface area contributed by atoms with E-state index in [0.717, 1.165) is 0 Å². The van der Waals surface area contributed by atoms with Crippen molar-refractivity contribution in [2.75, 3.05) is 0 Å². The molecule has 0 amide bonds.